The van der Waals surface area contributed by atoms with Gasteiger partial charge in [-0.05, 0) is 0 Å². The first-order valence-corrected chi connectivity index (χ1v) is 3.72. The van der Waals surface area contributed by atoms with Crippen molar-refractivity contribution in [3.63, 3.8) is 0 Å². The second-order valence-electron chi connectivity index (χ2n) is 1.22. The highest BCUT2D eigenvalue weighted by atomic mass is 31.2. The molecule has 3 nitrogen and oxygen atoms in total. The van der Waals surface area contributed by atoms with Crippen molar-refractivity contribution in [1.29, 1.82) is 0 Å². The quantitative estimate of drug-likeness (QED) is 0.552. The van der Waals surface area contributed by atoms with E-state index >= 15 is 0 Å². The number of hydrogen-bond donors (Lipinski definition) is 2. The number of rotatable bonds is 2. The summed E-state index contributed by atoms with van der Waals surface area (Å²) in [6.45, 7) is 0. The van der Waals surface area contributed by atoms with Crippen molar-refractivity contribution in [2.45, 2.75) is 6.17 Å². The summed E-state index contributed by atoms with van der Waals surface area (Å²) in [7, 11) is -4.30. The van der Waals surface area contributed by atoms with Crippen LogP contribution in [0.2, 0.25) is 0 Å². The second-order valence-corrected chi connectivity index (χ2v) is 3.48. The van der Waals surface area contributed by atoms with Gasteiger partial charge < -0.3 is 10.6 Å². The van der Waals surface area contributed by atoms with Gasteiger partial charge in [0.25, 0.3) is 7.37 Å². The van der Waals surface area contributed by atoms with Gasteiger partial charge in [0, 0.05) is 0 Å². The first-order chi connectivity index (χ1) is 3.50. The molecule has 0 saturated heterocycles. The summed E-state index contributed by atoms with van der Waals surface area (Å²) in [4.78, 5) is 8.08. The molecule has 1 unspecified atom stereocenters. The van der Waals surface area contributed by atoms with E-state index in [1.807, 2.05) is 0 Å². The maximum Gasteiger partial charge on any atom is 0.313 e. The Hall–Kier alpha value is 0.01000. The molecule has 0 radical (unpaired) electrons. The van der Waals surface area contributed by atoms with Crippen LogP contribution in [0, 0.1) is 0 Å². The molecule has 0 aromatic carbocycles. The van der Waals surface area contributed by atoms with Crippen molar-refractivity contribution < 1.29 is 18.2 Å². The topological polar surface area (TPSA) is 63.3 Å². The molecule has 0 amide bonds. The highest BCUT2D eigenvalue weighted by molar-refractivity contribution is 7.58. The fourth-order valence-corrected chi connectivity index (χ4v) is 0.239. The lowest BCUT2D eigenvalue weighted by molar-refractivity contribution is 0.213. The van der Waals surface area contributed by atoms with E-state index in [1.165, 1.54) is 0 Å². The summed E-state index contributed by atoms with van der Waals surface area (Å²) in [5.74, 6) is 0. The third kappa shape index (κ3) is 1.86. The summed E-state index contributed by atoms with van der Waals surface area (Å²) in [5, 5.41) is 0. The van der Waals surface area contributed by atoms with Crippen molar-refractivity contribution in [2.75, 3.05) is 6.29 Å². The molecule has 1 atom stereocenters. The van der Waals surface area contributed by atoms with E-state index in [2.05, 4.69) is 5.73 Å². The Morgan fingerprint density at radius 1 is 1.75 bits per heavy atom. The Kier molecular flexibility index (Phi) is 2.53. The normalized spacial score (nSPS) is 18.6. The van der Waals surface area contributed by atoms with Gasteiger partial charge in [-0.2, -0.15) is 8.78 Å². The van der Waals surface area contributed by atoms with Crippen LogP contribution in [0.15, 0.2) is 0 Å². The van der Waals surface area contributed by atoms with Crippen LogP contribution < -0.4 is 5.73 Å². The average molecular weight is 145 g/mol. The molecule has 0 rings (SSSR count). The van der Waals surface area contributed by atoms with E-state index in [0.29, 0.717) is 0 Å². The lowest BCUT2D eigenvalue weighted by Crippen LogP contribution is -2.05. The minimum atomic E-state index is -4.30. The monoisotopic (exact) mass is 145 g/mol. The predicted octanol–water partition coefficient (Wildman–Crippen LogP) is 0.396. The molecule has 0 saturated carbocycles. The van der Waals surface area contributed by atoms with Crippen LogP contribution in [0.4, 0.5) is 8.78 Å². The van der Waals surface area contributed by atoms with E-state index in [0.717, 1.165) is 0 Å². The molecule has 8 heavy (non-hydrogen) atoms. The van der Waals surface area contributed by atoms with Gasteiger partial charge in [0.15, 0.2) is 0 Å². The number of hydrogen-bond acceptors (Lipinski definition) is 2. The Morgan fingerprint density at radius 2 is 2.12 bits per heavy atom. The summed E-state index contributed by atoms with van der Waals surface area (Å²) in [6, 6.07) is 0. The smallest absolute Gasteiger partial charge is 0.313 e. The minimum Gasteiger partial charge on any atom is -0.340 e. The van der Waals surface area contributed by atoms with E-state index in [-0.39, 0.29) is 0 Å². The maximum atomic E-state index is 11.2. The van der Waals surface area contributed by atoms with Gasteiger partial charge in [-0.15, -0.1) is 0 Å². The van der Waals surface area contributed by atoms with Crippen LogP contribution >= 0.6 is 7.37 Å². The predicted molar refractivity (Wildman–Crippen MR) is 24.9 cm³/mol. The fraction of sp³-hybridized carbons (Fsp3) is 1.00. The first kappa shape index (κ1) is 8.01. The standard InChI is InChI=1S/C2H6F2NO2P/c3-2(4)8(6,7)1-5/h2H,1,5H2,(H,6,7). The van der Waals surface area contributed by atoms with Gasteiger partial charge in [-0.25, -0.2) is 0 Å². The maximum absolute atomic E-state index is 11.2. The zero-order valence-electron chi connectivity index (χ0n) is 3.92. The molecule has 0 heterocycles. The van der Waals surface area contributed by atoms with Crippen molar-refractivity contribution in [1.82, 2.24) is 0 Å². The Balaban J connectivity index is 3.93. The zero-order valence-corrected chi connectivity index (χ0v) is 4.81. The molecule has 0 aromatic rings. The molecule has 0 aliphatic heterocycles. The SMILES string of the molecule is NCP(=O)(O)C(F)F. The Morgan fingerprint density at radius 3 is 2.12 bits per heavy atom. The molecule has 50 valence electrons. The fourth-order valence-electron chi connectivity index (χ4n) is 0.0797. The molecular weight excluding hydrogens is 139 g/mol. The Bertz CT molecular complexity index is 117. The van der Waals surface area contributed by atoms with E-state index < -0.39 is 19.8 Å². The number of halogens is 2. The van der Waals surface area contributed by atoms with E-state index in [4.69, 9.17) is 4.89 Å². The molecule has 0 spiro atoms. The van der Waals surface area contributed by atoms with Gasteiger partial charge in [0.2, 0.25) is 0 Å². The third-order valence-corrected chi connectivity index (χ3v) is 1.70. The lowest BCUT2D eigenvalue weighted by Gasteiger charge is -2.04. The average Bonchev–Trinajstić information content (AvgIpc) is 1.67. The summed E-state index contributed by atoms with van der Waals surface area (Å²) in [6.07, 6.45) is -4.06. The van der Waals surface area contributed by atoms with E-state index in [1.54, 1.807) is 0 Å². The summed E-state index contributed by atoms with van der Waals surface area (Å²) in [5.41, 5.74) is 4.51. The van der Waals surface area contributed by atoms with Gasteiger partial charge in [0.05, 0.1) is 6.29 Å². The van der Waals surface area contributed by atoms with Crippen LogP contribution in [0.3, 0.4) is 0 Å². The molecule has 6 heteroatoms. The first-order valence-electron chi connectivity index (χ1n) is 1.80. The van der Waals surface area contributed by atoms with Crippen LogP contribution in [0.1, 0.15) is 0 Å². The van der Waals surface area contributed by atoms with Gasteiger partial charge in [-0.3, -0.25) is 4.57 Å². The lowest BCUT2D eigenvalue weighted by atomic mass is 11.5. The van der Waals surface area contributed by atoms with Crippen LogP contribution in [-0.4, -0.2) is 17.3 Å². The highest BCUT2D eigenvalue weighted by Crippen LogP contribution is 2.45. The van der Waals surface area contributed by atoms with Crippen LogP contribution in [0.25, 0.3) is 0 Å². The largest absolute Gasteiger partial charge is 0.340 e. The van der Waals surface area contributed by atoms with Gasteiger partial charge >= 0.3 is 6.17 Å². The van der Waals surface area contributed by atoms with Crippen molar-refractivity contribution in [3.05, 3.63) is 0 Å². The molecule has 0 bridgehead atoms. The zero-order chi connectivity index (χ0) is 6.78. The van der Waals surface area contributed by atoms with Crippen LogP contribution in [-0.2, 0) is 4.57 Å². The minimum absolute atomic E-state index is 0.856. The summed E-state index contributed by atoms with van der Waals surface area (Å²) >= 11 is 0. The number of nitrogens with two attached hydrogens (primary N) is 1. The second kappa shape index (κ2) is 2.53. The van der Waals surface area contributed by atoms with Gasteiger partial charge in [-0.1, -0.05) is 0 Å². The van der Waals surface area contributed by atoms with Crippen molar-refractivity contribution >= 4 is 7.37 Å². The molecule has 0 aromatic heterocycles. The molecule has 0 aliphatic carbocycles. The molecular formula is C2H6F2NO2P. The molecule has 0 aliphatic rings. The molecule has 0 fully saturated rings. The van der Waals surface area contributed by atoms with Crippen molar-refractivity contribution in [3.8, 4) is 0 Å². The third-order valence-electron chi connectivity index (χ3n) is 0.567. The highest BCUT2D eigenvalue weighted by Gasteiger charge is 2.28. The van der Waals surface area contributed by atoms with E-state index in [9.17, 15) is 13.3 Å². The molecule has 3 N–H and O–H groups in total. The van der Waals surface area contributed by atoms with Crippen LogP contribution in [0.5, 0.6) is 0 Å². The van der Waals surface area contributed by atoms with Gasteiger partial charge in [0.1, 0.15) is 0 Å². The number of alkyl halides is 2. The summed E-state index contributed by atoms with van der Waals surface area (Å²) < 4.78 is 32.4. The van der Waals surface area contributed by atoms with Crippen molar-refractivity contribution in [2.24, 2.45) is 5.73 Å². The Labute approximate surface area is 44.9 Å².